The molecule has 1 unspecified atom stereocenters. The molecule has 4 heteroatoms. The van der Waals surface area contributed by atoms with Gasteiger partial charge in [0.1, 0.15) is 0 Å². The Morgan fingerprint density at radius 1 is 1.62 bits per heavy atom. The molecule has 0 saturated carbocycles. The highest BCUT2D eigenvalue weighted by atomic mass is 16.5. The largest absolute Gasteiger partial charge is 0.469 e. The second kappa shape index (κ2) is 2.87. The molecule has 4 nitrogen and oxygen atoms in total. The zero-order valence-electron chi connectivity index (χ0n) is 7.76. The summed E-state index contributed by atoms with van der Waals surface area (Å²) in [4.78, 5) is 11.2. The van der Waals surface area contributed by atoms with Gasteiger partial charge in [-0.3, -0.25) is 9.89 Å². The van der Waals surface area contributed by atoms with Crippen LogP contribution in [0.5, 0.6) is 0 Å². The van der Waals surface area contributed by atoms with Crippen LogP contribution in [0.15, 0.2) is 0 Å². The first-order valence-corrected chi connectivity index (χ1v) is 4.33. The van der Waals surface area contributed by atoms with E-state index in [9.17, 15) is 4.79 Å². The van der Waals surface area contributed by atoms with Crippen LogP contribution >= 0.6 is 0 Å². The fourth-order valence-corrected chi connectivity index (χ4v) is 1.84. The Morgan fingerprint density at radius 2 is 2.38 bits per heavy atom. The van der Waals surface area contributed by atoms with E-state index in [-0.39, 0.29) is 11.9 Å². The average molecular weight is 180 g/mol. The molecule has 1 aliphatic rings. The van der Waals surface area contributed by atoms with E-state index in [1.165, 1.54) is 12.7 Å². The van der Waals surface area contributed by atoms with E-state index in [4.69, 9.17) is 4.74 Å². The van der Waals surface area contributed by atoms with Gasteiger partial charge < -0.3 is 4.74 Å². The maximum absolute atomic E-state index is 11.2. The number of aryl methyl sites for hydroxylation is 1. The van der Waals surface area contributed by atoms with Crippen LogP contribution in [-0.2, 0) is 22.4 Å². The number of methoxy groups -OCH3 is 1. The summed E-state index contributed by atoms with van der Waals surface area (Å²) in [5.41, 5.74) is 3.28. The molecule has 0 saturated heterocycles. The maximum Gasteiger partial charge on any atom is 0.309 e. The zero-order valence-corrected chi connectivity index (χ0v) is 7.76. The van der Waals surface area contributed by atoms with Crippen LogP contribution in [0.3, 0.4) is 0 Å². The standard InChI is InChI=1S/C9H12N2O2/c1-5-7-3-6(9(12)13-2)4-8(7)11-10-5/h6H,3-4H2,1-2H3,(H,10,11). The second-order valence-electron chi connectivity index (χ2n) is 3.39. The van der Waals surface area contributed by atoms with Crippen LogP contribution < -0.4 is 0 Å². The monoisotopic (exact) mass is 180 g/mol. The van der Waals surface area contributed by atoms with Crippen LogP contribution in [-0.4, -0.2) is 23.3 Å². The molecule has 0 aliphatic heterocycles. The van der Waals surface area contributed by atoms with Crippen LogP contribution in [0.25, 0.3) is 0 Å². The average Bonchev–Trinajstić information content (AvgIpc) is 2.67. The van der Waals surface area contributed by atoms with Gasteiger partial charge in [-0.05, 0) is 18.9 Å². The van der Waals surface area contributed by atoms with E-state index in [1.54, 1.807) is 0 Å². The first kappa shape index (κ1) is 8.29. The summed E-state index contributed by atoms with van der Waals surface area (Å²) in [5.74, 6) is -0.128. The molecule has 0 bridgehead atoms. The third-order valence-corrected chi connectivity index (χ3v) is 2.60. The molecule has 1 aliphatic carbocycles. The molecule has 0 aromatic carbocycles. The van der Waals surface area contributed by atoms with Gasteiger partial charge in [-0.15, -0.1) is 0 Å². The number of hydrogen-bond acceptors (Lipinski definition) is 3. The number of H-pyrrole nitrogens is 1. The number of rotatable bonds is 1. The number of nitrogens with zero attached hydrogens (tertiary/aromatic N) is 1. The lowest BCUT2D eigenvalue weighted by atomic mass is 10.1. The Morgan fingerprint density at radius 3 is 3.00 bits per heavy atom. The first-order chi connectivity index (χ1) is 6.22. The SMILES string of the molecule is COC(=O)C1Cc2[nH]nc(C)c2C1. The molecule has 2 rings (SSSR count). The Kier molecular flexibility index (Phi) is 1.83. The van der Waals surface area contributed by atoms with E-state index < -0.39 is 0 Å². The number of nitrogens with one attached hydrogen (secondary N) is 1. The number of aromatic nitrogens is 2. The Labute approximate surface area is 76.3 Å². The summed E-state index contributed by atoms with van der Waals surface area (Å²) in [5, 5.41) is 7.02. The summed E-state index contributed by atoms with van der Waals surface area (Å²) in [6.07, 6.45) is 1.51. The van der Waals surface area contributed by atoms with Crippen LogP contribution in [0.4, 0.5) is 0 Å². The Balaban J connectivity index is 2.18. The molecule has 1 atom stereocenters. The number of carbonyl (C=O) groups excluding carboxylic acids is 1. The topological polar surface area (TPSA) is 55.0 Å². The number of hydrogen-bond donors (Lipinski definition) is 1. The van der Waals surface area contributed by atoms with E-state index in [0.717, 1.165) is 24.2 Å². The summed E-state index contributed by atoms with van der Waals surface area (Å²) in [6.45, 7) is 1.95. The normalized spacial score (nSPS) is 20.0. The van der Waals surface area contributed by atoms with Gasteiger partial charge in [0.15, 0.2) is 0 Å². The highest BCUT2D eigenvalue weighted by Gasteiger charge is 2.30. The van der Waals surface area contributed by atoms with Crippen molar-refractivity contribution in [1.82, 2.24) is 10.2 Å². The minimum atomic E-state index is -0.121. The number of ether oxygens (including phenoxy) is 1. The fraction of sp³-hybridized carbons (Fsp3) is 0.556. The van der Waals surface area contributed by atoms with Gasteiger partial charge in [0.05, 0.1) is 18.7 Å². The smallest absolute Gasteiger partial charge is 0.309 e. The second-order valence-corrected chi connectivity index (χ2v) is 3.39. The van der Waals surface area contributed by atoms with Gasteiger partial charge in [-0.25, -0.2) is 0 Å². The third kappa shape index (κ3) is 1.22. The molecule has 0 amide bonds. The number of esters is 1. The molecule has 0 radical (unpaired) electrons. The first-order valence-electron chi connectivity index (χ1n) is 4.33. The summed E-state index contributed by atoms with van der Waals surface area (Å²) in [6, 6.07) is 0. The van der Waals surface area contributed by atoms with Crippen molar-refractivity contribution < 1.29 is 9.53 Å². The van der Waals surface area contributed by atoms with Gasteiger partial charge in [0.25, 0.3) is 0 Å². The van der Waals surface area contributed by atoms with Gasteiger partial charge in [0, 0.05) is 12.1 Å². The van der Waals surface area contributed by atoms with Crippen molar-refractivity contribution in [2.24, 2.45) is 5.92 Å². The molecular weight excluding hydrogens is 168 g/mol. The van der Waals surface area contributed by atoms with Crippen molar-refractivity contribution in [2.75, 3.05) is 7.11 Å². The highest BCUT2D eigenvalue weighted by Crippen LogP contribution is 2.27. The Bertz CT molecular complexity index is 343. The number of carbonyl (C=O) groups is 1. The van der Waals surface area contributed by atoms with Crippen molar-refractivity contribution in [3.05, 3.63) is 17.0 Å². The lowest BCUT2D eigenvalue weighted by molar-refractivity contribution is -0.145. The molecule has 1 aromatic rings. The third-order valence-electron chi connectivity index (χ3n) is 2.60. The summed E-state index contributed by atoms with van der Waals surface area (Å²) >= 11 is 0. The maximum atomic E-state index is 11.2. The minimum absolute atomic E-state index is 0.00653. The van der Waals surface area contributed by atoms with Crippen LogP contribution in [0, 0.1) is 12.8 Å². The number of fused-ring (bicyclic) bond motifs is 1. The molecule has 0 fully saturated rings. The highest BCUT2D eigenvalue weighted by molar-refractivity contribution is 5.74. The summed E-state index contributed by atoms with van der Waals surface area (Å²) < 4.78 is 4.70. The van der Waals surface area contributed by atoms with Crippen LogP contribution in [0.1, 0.15) is 17.0 Å². The van der Waals surface area contributed by atoms with E-state index >= 15 is 0 Å². The minimum Gasteiger partial charge on any atom is -0.469 e. The lowest BCUT2D eigenvalue weighted by Crippen LogP contribution is -2.16. The van der Waals surface area contributed by atoms with Crippen molar-refractivity contribution >= 4 is 5.97 Å². The van der Waals surface area contributed by atoms with Crippen LogP contribution in [0.2, 0.25) is 0 Å². The molecule has 1 N–H and O–H groups in total. The van der Waals surface area contributed by atoms with E-state index in [2.05, 4.69) is 10.2 Å². The fourth-order valence-electron chi connectivity index (χ4n) is 1.84. The molecule has 0 spiro atoms. The van der Waals surface area contributed by atoms with Crippen molar-refractivity contribution in [2.45, 2.75) is 19.8 Å². The predicted molar refractivity (Wildman–Crippen MR) is 46.2 cm³/mol. The van der Waals surface area contributed by atoms with Gasteiger partial charge in [0.2, 0.25) is 0 Å². The van der Waals surface area contributed by atoms with Gasteiger partial charge in [-0.2, -0.15) is 5.10 Å². The molecule has 1 aromatic heterocycles. The molecule has 70 valence electrons. The lowest BCUT2D eigenvalue weighted by Gasteiger charge is -2.05. The zero-order chi connectivity index (χ0) is 9.42. The molecular formula is C9H12N2O2. The quantitative estimate of drug-likeness (QED) is 0.644. The summed E-state index contributed by atoms with van der Waals surface area (Å²) in [7, 11) is 1.43. The molecule has 13 heavy (non-hydrogen) atoms. The van der Waals surface area contributed by atoms with Crippen molar-refractivity contribution in [3.8, 4) is 0 Å². The van der Waals surface area contributed by atoms with Crippen molar-refractivity contribution in [1.29, 1.82) is 0 Å². The van der Waals surface area contributed by atoms with E-state index in [0.29, 0.717) is 0 Å². The van der Waals surface area contributed by atoms with E-state index in [1.807, 2.05) is 6.92 Å². The molecule has 1 heterocycles. The van der Waals surface area contributed by atoms with Crippen molar-refractivity contribution in [3.63, 3.8) is 0 Å². The predicted octanol–water partition coefficient (Wildman–Crippen LogP) is 0.606. The van der Waals surface area contributed by atoms with Gasteiger partial charge in [-0.1, -0.05) is 0 Å². The van der Waals surface area contributed by atoms with Gasteiger partial charge >= 0.3 is 5.97 Å². The number of aromatic amines is 1. The Hall–Kier alpha value is -1.32.